The molecule has 0 aliphatic heterocycles. The van der Waals surface area contributed by atoms with Crippen molar-refractivity contribution in [3.05, 3.63) is 64.1 Å². The van der Waals surface area contributed by atoms with Gasteiger partial charge in [-0.2, -0.15) is 5.26 Å². The van der Waals surface area contributed by atoms with E-state index in [0.717, 1.165) is 10.6 Å². The number of hydrogen-bond donors (Lipinski definition) is 1. The maximum atomic E-state index is 11.7. The number of nitriles is 1. The molecule has 0 fully saturated rings. The molecule has 0 amide bonds. The summed E-state index contributed by atoms with van der Waals surface area (Å²) in [5.74, 6) is -1.13. The van der Waals surface area contributed by atoms with Crippen molar-refractivity contribution in [2.24, 2.45) is 0 Å². The first-order valence-electron chi connectivity index (χ1n) is 5.09. The van der Waals surface area contributed by atoms with Crippen LogP contribution < -0.4 is 5.56 Å². The number of carbonyl (C=O) groups is 1. The number of pyridine rings is 1. The number of carboxylic acid groups (broad SMARTS) is 1. The SMILES string of the molecule is N#Cc1ccccc1-n1cc(C(=O)O)ccc1=O. The van der Waals surface area contributed by atoms with Gasteiger partial charge in [0.05, 0.1) is 16.8 Å². The number of aromatic nitrogens is 1. The molecule has 1 heterocycles. The van der Waals surface area contributed by atoms with E-state index >= 15 is 0 Å². The number of benzene rings is 1. The van der Waals surface area contributed by atoms with Gasteiger partial charge in [0.15, 0.2) is 0 Å². The molecule has 2 aromatic rings. The van der Waals surface area contributed by atoms with E-state index in [4.69, 9.17) is 10.4 Å². The largest absolute Gasteiger partial charge is 0.478 e. The first-order valence-corrected chi connectivity index (χ1v) is 5.09. The topological polar surface area (TPSA) is 83.1 Å². The Balaban J connectivity index is 2.71. The highest BCUT2D eigenvalue weighted by atomic mass is 16.4. The molecular weight excluding hydrogens is 232 g/mol. The molecule has 1 aromatic heterocycles. The lowest BCUT2D eigenvalue weighted by atomic mass is 10.2. The van der Waals surface area contributed by atoms with Crippen LogP contribution in [0.1, 0.15) is 15.9 Å². The molecule has 0 saturated heterocycles. The highest BCUT2D eigenvalue weighted by molar-refractivity contribution is 5.87. The molecule has 1 N–H and O–H groups in total. The van der Waals surface area contributed by atoms with Crippen molar-refractivity contribution in [1.82, 2.24) is 4.57 Å². The van der Waals surface area contributed by atoms with Gasteiger partial charge in [0.25, 0.3) is 5.56 Å². The number of hydrogen-bond acceptors (Lipinski definition) is 3. The molecule has 0 atom stereocenters. The van der Waals surface area contributed by atoms with E-state index in [-0.39, 0.29) is 11.1 Å². The van der Waals surface area contributed by atoms with Gasteiger partial charge >= 0.3 is 5.97 Å². The van der Waals surface area contributed by atoms with Crippen LogP contribution >= 0.6 is 0 Å². The van der Waals surface area contributed by atoms with Gasteiger partial charge < -0.3 is 5.11 Å². The summed E-state index contributed by atoms with van der Waals surface area (Å²) in [6.07, 6.45) is 1.21. The van der Waals surface area contributed by atoms with Crippen molar-refractivity contribution in [3.8, 4) is 11.8 Å². The van der Waals surface area contributed by atoms with E-state index in [1.807, 2.05) is 6.07 Å². The summed E-state index contributed by atoms with van der Waals surface area (Å²) in [7, 11) is 0. The third-order valence-electron chi connectivity index (χ3n) is 2.44. The van der Waals surface area contributed by atoms with Gasteiger partial charge in [-0.15, -0.1) is 0 Å². The Morgan fingerprint density at radius 2 is 1.94 bits per heavy atom. The average molecular weight is 240 g/mol. The maximum Gasteiger partial charge on any atom is 0.337 e. The summed E-state index contributed by atoms with van der Waals surface area (Å²) in [4.78, 5) is 22.6. The maximum absolute atomic E-state index is 11.7. The number of carboxylic acids is 1. The normalized spacial score (nSPS) is 9.72. The first kappa shape index (κ1) is 11.6. The van der Waals surface area contributed by atoms with E-state index in [1.165, 1.54) is 12.3 Å². The zero-order valence-electron chi connectivity index (χ0n) is 9.20. The third-order valence-corrected chi connectivity index (χ3v) is 2.44. The van der Waals surface area contributed by atoms with E-state index in [1.54, 1.807) is 24.3 Å². The zero-order valence-corrected chi connectivity index (χ0v) is 9.20. The quantitative estimate of drug-likeness (QED) is 0.860. The monoisotopic (exact) mass is 240 g/mol. The van der Waals surface area contributed by atoms with Crippen LogP contribution in [0.15, 0.2) is 47.4 Å². The molecule has 2 rings (SSSR count). The van der Waals surface area contributed by atoms with Gasteiger partial charge in [0.1, 0.15) is 6.07 Å². The van der Waals surface area contributed by atoms with Crippen molar-refractivity contribution in [1.29, 1.82) is 5.26 Å². The number of para-hydroxylation sites is 1. The van der Waals surface area contributed by atoms with E-state index in [0.29, 0.717) is 11.3 Å². The molecule has 1 aromatic carbocycles. The standard InChI is InChI=1S/C13H8N2O3/c14-7-9-3-1-2-4-11(9)15-8-10(13(17)18)5-6-12(15)16/h1-6,8H,(H,17,18). The number of rotatable bonds is 2. The molecule has 0 saturated carbocycles. The Labute approximate surface area is 102 Å². The second kappa shape index (κ2) is 4.55. The summed E-state index contributed by atoms with van der Waals surface area (Å²) < 4.78 is 1.15. The summed E-state index contributed by atoms with van der Waals surface area (Å²) in [6, 6.07) is 10.9. The minimum atomic E-state index is -1.13. The number of aromatic carboxylic acids is 1. The molecule has 0 unspecified atom stereocenters. The molecular formula is C13H8N2O3. The van der Waals surface area contributed by atoms with Crippen LogP contribution in [-0.2, 0) is 0 Å². The predicted molar refractivity (Wildman–Crippen MR) is 63.7 cm³/mol. The Morgan fingerprint density at radius 1 is 1.22 bits per heavy atom. The molecule has 18 heavy (non-hydrogen) atoms. The molecule has 5 heteroatoms. The van der Waals surface area contributed by atoms with Gasteiger partial charge in [-0.3, -0.25) is 9.36 Å². The van der Waals surface area contributed by atoms with Gasteiger partial charge in [-0.25, -0.2) is 4.79 Å². The Kier molecular flexibility index (Phi) is 2.94. The number of nitrogens with zero attached hydrogens (tertiary/aromatic N) is 2. The van der Waals surface area contributed by atoms with Crippen LogP contribution in [0, 0.1) is 11.3 Å². The second-order valence-electron chi connectivity index (χ2n) is 3.56. The zero-order chi connectivity index (χ0) is 13.1. The van der Waals surface area contributed by atoms with Crippen molar-refractivity contribution < 1.29 is 9.90 Å². The van der Waals surface area contributed by atoms with E-state index in [2.05, 4.69) is 0 Å². The average Bonchev–Trinajstić information content (AvgIpc) is 2.39. The Bertz CT molecular complexity index is 711. The molecule has 5 nitrogen and oxygen atoms in total. The minimum absolute atomic E-state index is 0.0117. The van der Waals surface area contributed by atoms with Gasteiger partial charge in [0, 0.05) is 12.3 Å². The fourth-order valence-electron chi connectivity index (χ4n) is 1.58. The fourth-order valence-corrected chi connectivity index (χ4v) is 1.58. The highest BCUT2D eigenvalue weighted by Crippen LogP contribution is 2.12. The molecule has 0 aliphatic carbocycles. The van der Waals surface area contributed by atoms with Crippen LogP contribution in [0.4, 0.5) is 0 Å². The van der Waals surface area contributed by atoms with Gasteiger partial charge in [-0.05, 0) is 18.2 Å². The summed E-state index contributed by atoms with van der Waals surface area (Å²) in [6.45, 7) is 0. The minimum Gasteiger partial charge on any atom is -0.478 e. The van der Waals surface area contributed by atoms with E-state index in [9.17, 15) is 9.59 Å². The van der Waals surface area contributed by atoms with Crippen LogP contribution in [0.25, 0.3) is 5.69 Å². The lowest BCUT2D eigenvalue weighted by Crippen LogP contribution is -2.19. The lowest BCUT2D eigenvalue weighted by Gasteiger charge is -2.07. The van der Waals surface area contributed by atoms with E-state index < -0.39 is 5.97 Å². The summed E-state index contributed by atoms with van der Waals surface area (Å²) in [5, 5.41) is 17.9. The highest BCUT2D eigenvalue weighted by Gasteiger charge is 2.09. The molecule has 0 bridgehead atoms. The van der Waals surface area contributed by atoms with Crippen molar-refractivity contribution >= 4 is 5.97 Å². The second-order valence-corrected chi connectivity index (χ2v) is 3.56. The van der Waals surface area contributed by atoms with Crippen molar-refractivity contribution in [2.45, 2.75) is 0 Å². The van der Waals surface area contributed by atoms with Gasteiger partial charge in [-0.1, -0.05) is 12.1 Å². The van der Waals surface area contributed by atoms with Crippen LogP contribution in [-0.4, -0.2) is 15.6 Å². The lowest BCUT2D eigenvalue weighted by molar-refractivity contribution is 0.0696. The predicted octanol–water partition coefficient (Wildman–Crippen LogP) is 1.41. The summed E-state index contributed by atoms with van der Waals surface area (Å²) in [5.41, 5.74) is 0.278. The molecule has 88 valence electrons. The van der Waals surface area contributed by atoms with Crippen LogP contribution in [0.5, 0.6) is 0 Å². The molecule has 0 radical (unpaired) electrons. The van der Waals surface area contributed by atoms with Gasteiger partial charge in [0.2, 0.25) is 0 Å². The Hall–Kier alpha value is -2.87. The first-order chi connectivity index (χ1) is 8.63. The smallest absolute Gasteiger partial charge is 0.337 e. The van der Waals surface area contributed by atoms with Crippen molar-refractivity contribution in [2.75, 3.05) is 0 Å². The fraction of sp³-hybridized carbons (Fsp3) is 0. The van der Waals surface area contributed by atoms with Crippen LogP contribution in [0.2, 0.25) is 0 Å². The Morgan fingerprint density at radius 3 is 2.61 bits per heavy atom. The van der Waals surface area contributed by atoms with Crippen molar-refractivity contribution in [3.63, 3.8) is 0 Å². The molecule has 0 spiro atoms. The van der Waals surface area contributed by atoms with Crippen LogP contribution in [0.3, 0.4) is 0 Å². The third kappa shape index (κ3) is 1.99. The summed E-state index contributed by atoms with van der Waals surface area (Å²) >= 11 is 0. The molecule has 0 aliphatic rings.